The summed E-state index contributed by atoms with van der Waals surface area (Å²) in [5, 5.41) is 0. The lowest BCUT2D eigenvalue weighted by Gasteiger charge is -2.10. The molecule has 96 valence electrons. The van der Waals surface area contributed by atoms with Crippen LogP contribution in [0.4, 0.5) is 0 Å². The Morgan fingerprint density at radius 2 is 2.05 bits per heavy atom. The number of nitrogens with zero attached hydrogens (tertiary/aromatic N) is 2. The van der Waals surface area contributed by atoms with Crippen LogP contribution in [0.3, 0.4) is 0 Å². The molecule has 1 aromatic carbocycles. The zero-order chi connectivity index (χ0) is 13.2. The Balaban J connectivity index is 1.86. The van der Waals surface area contributed by atoms with E-state index in [9.17, 15) is 0 Å². The second-order valence-corrected chi connectivity index (χ2v) is 4.75. The maximum absolute atomic E-state index is 5.92. The van der Waals surface area contributed by atoms with E-state index in [1.165, 1.54) is 16.7 Å². The molecule has 0 fully saturated rings. The van der Waals surface area contributed by atoms with Gasteiger partial charge in [-0.3, -0.25) is 0 Å². The third kappa shape index (κ3) is 2.32. The van der Waals surface area contributed by atoms with E-state index in [2.05, 4.69) is 37.0 Å². The molecule has 0 aliphatic heterocycles. The van der Waals surface area contributed by atoms with E-state index in [0.717, 1.165) is 11.4 Å². The molecule has 0 unspecified atom stereocenters. The monoisotopic (exact) mass is 252 g/mol. The Labute approximate surface area is 112 Å². The van der Waals surface area contributed by atoms with Gasteiger partial charge in [0.2, 0.25) is 0 Å². The Hall–Kier alpha value is -2.29. The molecule has 0 atom stereocenters. The molecule has 0 amide bonds. The first-order valence-electron chi connectivity index (χ1n) is 6.34. The molecule has 19 heavy (non-hydrogen) atoms. The smallest absolute Gasteiger partial charge is 0.179 e. The highest BCUT2D eigenvalue weighted by Crippen LogP contribution is 2.20. The molecule has 0 bridgehead atoms. The van der Waals surface area contributed by atoms with Crippen LogP contribution in [-0.2, 0) is 6.61 Å². The van der Waals surface area contributed by atoms with Gasteiger partial charge in [-0.2, -0.15) is 0 Å². The highest BCUT2D eigenvalue weighted by Gasteiger charge is 2.05. The molecule has 3 aromatic rings. The standard InChI is InChI=1S/C16H16N2O/c1-12-5-6-13(2)14(10-12)11-19-15-4-3-8-18-9-7-17-16(15)18/h3-10H,11H2,1-2H3. The molecule has 2 heterocycles. The van der Waals surface area contributed by atoms with Gasteiger partial charge in [-0.25, -0.2) is 4.98 Å². The molecule has 0 spiro atoms. The number of ether oxygens (including phenoxy) is 1. The minimum absolute atomic E-state index is 0.569. The van der Waals surface area contributed by atoms with Gasteiger partial charge in [-0.05, 0) is 37.1 Å². The van der Waals surface area contributed by atoms with Crippen molar-refractivity contribution in [3.63, 3.8) is 0 Å². The molecule has 3 heteroatoms. The lowest BCUT2D eigenvalue weighted by Crippen LogP contribution is -2.00. The summed E-state index contributed by atoms with van der Waals surface area (Å²) in [6.07, 6.45) is 5.66. The average molecular weight is 252 g/mol. The number of aromatic nitrogens is 2. The molecule has 0 aliphatic carbocycles. The molecule has 0 radical (unpaired) electrons. The van der Waals surface area contributed by atoms with Crippen molar-refractivity contribution in [3.8, 4) is 5.75 Å². The van der Waals surface area contributed by atoms with Crippen molar-refractivity contribution >= 4 is 5.65 Å². The Bertz CT molecular complexity index is 716. The first-order chi connectivity index (χ1) is 9.24. The van der Waals surface area contributed by atoms with Crippen LogP contribution < -0.4 is 4.74 Å². The lowest BCUT2D eigenvalue weighted by atomic mass is 10.1. The third-order valence-corrected chi connectivity index (χ3v) is 3.27. The summed E-state index contributed by atoms with van der Waals surface area (Å²) >= 11 is 0. The van der Waals surface area contributed by atoms with Crippen molar-refractivity contribution in [1.29, 1.82) is 0 Å². The maximum atomic E-state index is 5.92. The quantitative estimate of drug-likeness (QED) is 0.713. The molecule has 3 rings (SSSR count). The highest BCUT2D eigenvalue weighted by molar-refractivity contribution is 5.53. The number of hydrogen-bond donors (Lipinski definition) is 0. The van der Waals surface area contributed by atoms with E-state index in [-0.39, 0.29) is 0 Å². The van der Waals surface area contributed by atoms with Gasteiger partial charge >= 0.3 is 0 Å². The highest BCUT2D eigenvalue weighted by atomic mass is 16.5. The van der Waals surface area contributed by atoms with E-state index < -0.39 is 0 Å². The molecule has 3 nitrogen and oxygen atoms in total. The number of benzene rings is 1. The van der Waals surface area contributed by atoms with Gasteiger partial charge in [-0.1, -0.05) is 23.8 Å². The van der Waals surface area contributed by atoms with Gasteiger partial charge in [0.25, 0.3) is 0 Å². The summed E-state index contributed by atoms with van der Waals surface area (Å²) in [5.74, 6) is 0.813. The zero-order valence-corrected chi connectivity index (χ0v) is 11.1. The number of aryl methyl sites for hydroxylation is 2. The number of fused-ring (bicyclic) bond motifs is 1. The molecule has 0 N–H and O–H groups in total. The van der Waals surface area contributed by atoms with E-state index in [0.29, 0.717) is 6.61 Å². The van der Waals surface area contributed by atoms with Gasteiger partial charge in [0.15, 0.2) is 11.4 Å². The minimum atomic E-state index is 0.569. The summed E-state index contributed by atoms with van der Waals surface area (Å²) in [6.45, 7) is 4.77. The lowest BCUT2D eigenvalue weighted by molar-refractivity contribution is 0.307. The first kappa shape index (κ1) is 11.8. The van der Waals surface area contributed by atoms with Crippen LogP contribution >= 0.6 is 0 Å². The second kappa shape index (κ2) is 4.76. The van der Waals surface area contributed by atoms with Crippen molar-refractivity contribution in [2.24, 2.45) is 0 Å². The van der Waals surface area contributed by atoms with E-state index in [4.69, 9.17) is 4.74 Å². The Morgan fingerprint density at radius 1 is 1.16 bits per heavy atom. The summed E-state index contributed by atoms with van der Waals surface area (Å²) in [4.78, 5) is 4.31. The molecular formula is C16H16N2O. The molecule has 0 aliphatic rings. The molecular weight excluding hydrogens is 236 g/mol. The molecule has 0 saturated heterocycles. The fourth-order valence-corrected chi connectivity index (χ4v) is 2.15. The zero-order valence-electron chi connectivity index (χ0n) is 11.1. The van der Waals surface area contributed by atoms with Crippen molar-refractivity contribution in [2.45, 2.75) is 20.5 Å². The summed E-state index contributed by atoms with van der Waals surface area (Å²) in [7, 11) is 0. The SMILES string of the molecule is Cc1ccc(C)c(COc2cccn3ccnc23)c1. The topological polar surface area (TPSA) is 26.5 Å². The summed E-state index contributed by atoms with van der Waals surface area (Å²) in [5.41, 5.74) is 4.57. The van der Waals surface area contributed by atoms with E-state index in [1.807, 2.05) is 28.9 Å². The predicted octanol–water partition coefficient (Wildman–Crippen LogP) is 3.53. The fourth-order valence-electron chi connectivity index (χ4n) is 2.15. The average Bonchev–Trinajstić information content (AvgIpc) is 2.88. The van der Waals surface area contributed by atoms with Crippen molar-refractivity contribution < 1.29 is 4.74 Å². The maximum Gasteiger partial charge on any atom is 0.179 e. The van der Waals surface area contributed by atoms with Crippen LogP contribution in [0, 0.1) is 13.8 Å². The Kier molecular flexibility index (Phi) is 2.95. The van der Waals surface area contributed by atoms with Crippen LogP contribution in [0.25, 0.3) is 5.65 Å². The summed E-state index contributed by atoms with van der Waals surface area (Å²) in [6, 6.07) is 10.3. The van der Waals surface area contributed by atoms with Crippen molar-refractivity contribution in [1.82, 2.24) is 9.38 Å². The second-order valence-electron chi connectivity index (χ2n) is 4.75. The summed E-state index contributed by atoms with van der Waals surface area (Å²) < 4.78 is 7.87. The van der Waals surface area contributed by atoms with Gasteiger partial charge < -0.3 is 9.14 Å². The largest absolute Gasteiger partial charge is 0.485 e. The van der Waals surface area contributed by atoms with Crippen LogP contribution in [0.5, 0.6) is 5.75 Å². The number of hydrogen-bond acceptors (Lipinski definition) is 2. The van der Waals surface area contributed by atoms with Gasteiger partial charge in [-0.15, -0.1) is 0 Å². The van der Waals surface area contributed by atoms with E-state index in [1.54, 1.807) is 6.20 Å². The van der Waals surface area contributed by atoms with E-state index >= 15 is 0 Å². The molecule has 2 aromatic heterocycles. The Morgan fingerprint density at radius 3 is 2.95 bits per heavy atom. The third-order valence-electron chi connectivity index (χ3n) is 3.27. The van der Waals surface area contributed by atoms with Crippen LogP contribution in [-0.4, -0.2) is 9.38 Å². The predicted molar refractivity (Wildman–Crippen MR) is 75.4 cm³/mol. The normalized spacial score (nSPS) is 10.8. The molecule has 0 saturated carbocycles. The minimum Gasteiger partial charge on any atom is -0.485 e. The number of rotatable bonds is 3. The van der Waals surface area contributed by atoms with Crippen LogP contribution in [0.2, 0.25) is 0 Å². The van der Waals surface area contributed by atoms with Crippen LogP contribution in [0.15, 0.2) is 48.9 Å². The van der Waals surface area contributed by atoms with Gasteiger partial charge in [0.05, 0.1) is 0 Å². The van der Waals surface area contributed by atoms with Gasteiger partial charge in [0, 0.05) is 18.6 Å². The van der Waals surface area contributed by atoms with Crippen molar-refractivity contribution in [2.75, 3.05) is 0 Å². The first-order valence-corrected chi connectivity index (χ1v) is 6.34. The van der Waals surface area contributed by atoms with Crippen molar-refractivity contribution in [3.05, 3.63) is 65.6 Å². The van der Waals surface area contributed by atoms with Crippen LogP contribution in [0.1, 0.15) is 16.7 Å². The number of pyridine rings is 1. The number of imidazole rings is 1. The fraction of sp³-hybridized carbons (Fsp3) is 0.188. The van der Waals surface area contributed by atoms with Gasteiger partial charge in [0.1, 0.15) is 6.61 Å².